The van der Waals surface area contributed by atoms with Gasteiger partial charge in [-0.3, -0.25) is 9.59 Å². The van der Waals surface area contributed by atoms with Gasteiger partial charge >= 0.3 is 5.97 Å². The number of carbonyl (C=O) groups excluding carboxylic acids is 2. The van der Waals surface area contributed by atoms with Gasteiger partial charge < -0.3 is 19.7 Å². The second-order valence-corrected chi connectivity index (χ2v) is 4.94. The molecule has 0 saturated heterocycles. The molecule has 0 aliphatic carbocycles. The monoisotopic (exact) mass is 322 g/mol. The Morgan fingerprint density at radius 3 is 2.65 bits per heavy atom. The molecule has 0 aliphatic heterocycles. The van der Waals surface area contributed by atoms with E-state index < -0.39 is 40.6 Å². The Hall–Kier alpha value is -2.90. The van der Waals surface area contributed by atoms with Crippen LogP contribution in [0.15, 0.2) is 23.0 Å². The zero-order chi connectivity index (χ0) is 17.3. The van der Waals surface area contributed by atoms with E-state index in [0.717, 1.165) is 17.7 Å². The number of nitrogens with one attached hydrogen (secondary N) is 1. The zero-order valence-corrected chi connectivity index (χ0v) is 12.7. The summed E-state index contributed by atoms with van der Waals surface area (Å²) in [6, 6.07) is 2.90. The van der Waals surface area contributed by atoms with Crippen LogP contribution >= 0.6 is 0 Å². The van der Waals surface area contributed by atoms with Crippen LogP contribution in [0.2, 0.25) is 0 Å². The lowest BCUT2D eigenvalue weighted by atomic mass is 10.1. The number of halogens is 1. The van der Waals surface area contributed by atoms with Gasteiger partial charge in [-0.2, -0.15) is 0 Å². The summed E-state index contributed by atoms with van der Waals surface area (Å²) in [7, 11) is 2.50. The fourth-order valence-electron chi connectivity index (χ4n) is 2.24. The van der Waals surface area contributed by atoms with Gasteiger partial charge in [0.05, 0.1) is 18.0 Å². The summed E-state index contributed by atoms with van der Waals surface area (Å²) in [6.45, 7) is 1.35. The number of pyridine rings is 1. The van der Waals surface area contributed by atoms with Gasteiger partial charge in [-0.15, -0.1) is 0 Å². The molecule has 2 N–H and O–H groups in total. The van der Waals surface area contributed by atoms with Crippen molar-refractivity contribution in [3.8, 4) is 5.75 Å². The fraction of sp³-hybridized carbons (Fsp3) is 0.267. The predicted molar refractivity (Wildman–Crippen MR) is 79.8 cm³/mol. The molecule has 1 unspecified atom stereocenters. The third kappa shape index (κ3) is 2.75. The molecule has 0 spiro atoms. The minimum Gasteiger partial charge on any atom is -0.506 e. The van der Waals surface area contributed by atoms with E-state index in [2.05, 4.69) is 10.1 Å². The van der Waals surface area contributed by atoms with Crippen LogP contribution in [0.4, 0.5) is 4.39 Å². The van der Waals surface area contributed by atoms with Gasteiger partial charge in [-0.25, -0.2) is 9.18 Å². The highest BCUT2D eigenvalue weighted by atomic mass is 19.1. The number of carbonyl (C=O) groups is 2. The van der Waals surface area contributed by atoms with Crippen LogP contribution < -0.4 is 10.9 Å². The van der Waals surface area contributed by atoms with Gasteiger partial charge in [0.25, 0.3) is 11.5 Å². The molecule has 2 rings (SSSR count). The van der Waals surface area contributed by atoms with Crippen molar-refractivity contribution in [1.29, 1.82) is 0 Å². The molecular formula is C15H15FN2O5. The first-order valence-corrected chi connectivity index (χ1v) is 6.68. The first-order valence-electron chi connectivity index (χ1n) is 6.68. The second-order valence-electron chi connectivity index (χ2n) is 4.94. The fourth-order valence-corrected chi connectivity index (χ4v) is 2.24. The molecule has 1 aromatic heterocycles. The Balaban J connectivity index is 2.62. The molecule has 0 aliphatic rings. The van der Waals surface area contributed by atoms with Crippen LogP contribution in [0.25, 0.3) is 10.9 Å². The van der Waals surface area contributed by atoms with E-state index in [1.807, 2.05) is 0 Å². The molecule has 122 valence electrons. The minimum atomic E-state index is -1.03. The van der Waals surface area contributed by atoms with Crippen LogP contribution in [0, 0.1) is 5.82 Å². The molecule has 0 fully saturated rings. The summed E-state index contributed by atoms with van der Waals surface area (Å²) in [4.78, 5) is 35.8. The van der Waals surface area contributed by atoms with E-state index in [1.54, 1.807) is 0 Å². The Kier molecular flexibility index (Phi) is 4.35. The lowest BCUT2D eigenvalue weighted by Gasteiger charge is -2.14. The van der Waals surface area contributed by atoms with Crippen molar-refractivity contribution in [3.05, 3.63) is 39.9 Å². The molecule has 1 amide bonds. The summed E-state index contributed by atoms with van der Waals surface area (Å²) in [6.07, 6.45) is 0. The highest BCUT2D eigenvalue weighted by Gasteiger charge is 2.25. The van der Waals surface area contributed by atoms with E-state index in [-0.39, 0.29) is 10.9 Å². The number of aryl methyl sites for hydroxylation is 1. The number of esters is 1. The van der Waals surface area contributed by atoms with E-state index in [4.69, 9.17) is 0 Å². The SMILES string of the molecule is COC(=O)C(C)NC(=O)c1c(O)c2c(F)cccc2n(C)c1=O. The summed E-state index contributed by atoms with van der Waals surface area (Å²) >= 11 is 0. The van der Waals surface area contributed by atoms with Crippen molar-refractivity contribution >= 4 is 22.8 Å². The Morgan fingerprint density at radius 1 is 1.39 bits per heavy atom. The molecular weight excluding hydrogens is 307 g/mol. The molecule has 23 heavy (non-hydrogen) atoms. The molecule has 8 heteroatoms. The molecule has 1 heterocycles. The van der Waals surface area contributed by atoms with Crippen LogP contribution in [0.1, 0.15) is 17.3 Å². The molecule has 1 atom stereocenters. The highest BCUT2D eigenvalue weighted by molar-refractivity contribution is 6.03. The van der Waals surface area contributed by atoms with Crippen molar-refractivity contribution in [2.24, 2.45) is 7.05 Å². The number of aromatic nitrogens is 1. The first kappa shape index (κ1) is 16.5. The van der Waals surface area contributed by atoms with Crippen LogP contribution in [0.3, 0.4) is 0 Å². The van der Waals surface area contributed by atoms with E-state index in [0.29, 0.717) is 0 Å². The zero-order valence-electron chi connectivity index (χ0n) is 12.7. The maximum Gasteiger partial charge on any atom is 0.328 e. The van der Waals surface area contributed by atoms with Gasteiger partial charge in [-0.1, -0.05) is 6.07 Å². The smallest absolute Gasteiger partial charge is 0.328 e. The van der Waals surface area contributed by atoms with Gasteiger partial charge in [0, 0.05) is 7.05 Å². The summed E-state index contributed by atoms with van der Waals surface area (Å²) < 4.78 is 19.5. The number of benzene rings is 1. The lowest BCUT2D eigenvalue weighted by Crippen LogP contribution is -2.41. The number of ether oxygens (including phenoxy) is 1. The Labute approximate surface area is 130 Å². The summed E-state index contributed by atoms with van der Waals surface area (Å²) in [5, 5.41) is 12.2. The molecule has 1 aromatic carbocycles. The van der Waals surface area contributed by atoms with Gasteiger partial charge in [0.1, 0.15) is 23.2 Å². The van der Waals surface area contributed by atoms with Crippen molar-refractivity contribution in [1.82, 2.24) is 9.88 Å². The Morgan fingerprint density at radius 2 is 2.04 bits per heavy atom. The molecule has 7 nitrogen and oxygen atoms in total. The predicted octanol–water partition coefficient (Wildman–Crippen LogP) is 0.674. The third-order valence-electron chi connectivity index (χ3n) is 3.47. The highest BCUT2D eigenvalue weighted by Crippen LogP contribution is 2.28. The lowest BCUT2D eigenvalue weighted by molar-refractivity contribution is -0.142. The maximum absolute atomic E-state index is 14.0. The van der Waals surface area contributed by atoms with E-state index >= 15 is 0 Å². The van der Waals surface area contributed by atoms with Crippen molar-refractivity contribution in [2.75, 3.05) is 7.11 Å². The number of hydrogen-bond donors (Lipinski definition) is 2. The van der Waals surface area contributed by atoms with E-state index in [9.17, 15) is 23.9 Å². The summed E-state index contributed by atoms with van der Waals surface area (Å²) in [5.41, 5.74) is -1.30. The standard InChI is InChI=1S/C15H15FN2O5/c1-7(15(22)23-3)17-13(20)11-12(19)10-8(16)5-4-6-9(10)18(2)14(11)21/h4-7,19H,1-3H3,(H,17,20). The molecule has 2 aromatic rings. The van der Waals surface area contributed by atoms with Crippen LogP contribution in [-0.2, 0) is 16.6 Å². The Bertz CT molecular complexity index is 859. The maximum atomic E-state index is 14.0. The van der Waals surface area contributed by atoms with Crippen molar-refractivity contribution < 1.29 is 23.8 Å². The average molecular weight is 322 g/mol. The number of nitrogens with zero attached hydrogens (tertiary/aromatic N) is 1. The molecule has 0 radical (unpaired) electrons. The topological polar surface area (TPSA) is 97.6 Å². The number of methoxy groups -OCH3 is 1. The quantitative estimate of drug-likeness (QED) is 0.810. The number of aromatic hydroxyl groups is 1. The molecule has 0 bridgehead atoms. The second kappa shape index (κ2) is 6.07. The number of rotatable bonds is 3. The summed E-state index contributed by atoms with van der Waals surface area (Å²) in [5.74, 6) is -3.26. The number of hydrogen-bond acceptors (Lipinski definition) is 5. The largest absolute Gasteiger partial charge is 0.506 e. The number of fused-ring (bicyclic) bond motifs is 1. The first-order chi connectivity index (χ1) is 10.8. The van der Waals surface area contributed by atoms with E-state index in [1.165, 1.54) is 26.1 Å². The molecule has 0 saturated carbocycles. The number of amides is 1. The van der Waals surface area contributed by atoms with Crippen molar-refractivity contribution in [3.63, 3.8) is 0 Å². The van der Waals surface area contributed by atoms with Crippen molar-refractivity contribution in [2.45, 2.75) is 13.0 Å². The van der Waals surface area contributed by atoms with Gasteiger partial charge in [0.15, 0.2) is 0 Å². The third-order valence-corrected chi connectivity index (χ3v) is 3.47. The van der Waals surface area contributed by atoms with Gasteiger partial charge in [-0.05, 0) is 19.1 Å². The average Bonchev–Trinajstić information content (AvgIpc) is 2.51. The van der Waals surface area contributed by atoms with Crippen LogP contribution in [-0.4, -0.2) is 34.7 Å². The van der Waals surface area contributed by atoms with Crippen LogP contribution in [0.5, 0.6) is 5.75 Å². The minimum absolute atomic E-state index is 0.144. The van der Waals surface area contributed by atoms with Gasteiger partial charge in [0.2, 0.25) is 0 Å². The normalized spacial score (nSPS) is 12.0.